The van der Waals surface area contributed by atoms with Gasteiger partial charge in [0.15, 0.2) is 0 Å². The van der Waals surface area contributed by atoms with Crippen LogP contribution in [0.4, 0.5) is 0 Å². The van der Waals surface area contributed by atoms with Gasteiger partial charge in [-0.15, -0.1) is 0 Å². The molecular weight excluding hydrogens is 228 g/mol. The van der Waals surface area contributed by atoms with Gasteiger partial charge in [0.25, 0.3) is 0 Å². The van der Waals surface area contributed by atoms with Crippen LogP contribution in [-0.4, -0.2) is 45.5 Å². The fourth-order valence-electron chi connectivity index (χ4n) is 0.931. The van der Waals surface area contributed by atoms with Crippen molar-refractivity contribution in [2.75, 3.05) is 25.1 Å². The molecule has 0 rings (SSSR count). The highest BCUT2D eigenvalue weighted by atomic mass is 32.2. The van der Waals surface area contributed by atoms with Crippen molar-refractivity contribution in [2.24, 2.45) is 5.92 Å². The smallest absolute Gasteiger partial charge is 0.234 e. The van der Waals surface area contributed by atoms with E-state index in [9.17, 15) is 13.2 Å². The minimum atomic E-state index is -2.95. The van der Waals surface area contributed by atoms with Crippen molar-refractivity contribution in [3.05, 3.63) is 0 Å². The number of sulfone groups is 1. The van der Waals surface area contributed by atoms with Crippen molar-refractivity contribution in [3.8, 4) is 0 Å². The summed E-state index contributed by atoms with van der Waals surface area (Å²) in [4.78, 5) is 11.4. The van der Waals surface area contributed by atoms with E-state index >= 15 is 0 Å². The maximum atomic E-state index is 11.4. The van der Waals surface area contributed by atoms with Crippen LogP contribution < -0.4 is 10.6 Å². The highest BCUT2D eigenvalue weighted by molar-refractivity contribution is 7.90. The summed E-state index contributed by atoms with van der Waals surface area (Å²) in [6.45, 7) is 6.47. The highest BCUT2D eigenvalue weighted by Gasteiger charge is 2.10. The molecule has 1 atom stereocenters. The normalized spacial score (nSPS) is 13.8. The Morgan fingerprint density at radius 3 is 2.25 bits per heavy atom. The van der Waals surface area contributed by atoms with Gasteiger partial charge in [0.2, 0.25) is 5.91 Å². The van der Waals surface area contributed by atoms with E-state index in [0.29, 0.717) is 12.5 Å². The van der Waals surface area contributed by atoms with Gasteiger partial charge >= 0.3 is 0 Å². The molecule has 2 N–H and O–H groups in total. The first-order chi connectivity index (χ1) is 7.22. The average molecular weight is 250 g/mol. The molecular formula is C10H22N2O3S. The van der Waals surface area contributed by atoms with Crippen LogP contribution in [0.2, 0.25) is 0 Å². The Balaban J connectivity index is 3.67. The lowest BCUT2D eigenvalue weighted by molar-refractivity contribution is -0.121. The Kier molecular flexibility index (Phi) is 6.59. The van der Waals surface area contributed by atoms with Crippen molar-refractivity contribution < 1.29 is 13.2 Å². The largest absolute Gasteiger partial charge is 0.352 e. The molecule has 5 nitrogen and oxygen atoms in total. The predicted molar refractivity (Wildman–Crippen MR) is 65.0 cm³/mol. The molecule has 0 saturated carbocycles. The molecule has 96 valence electrons. The summed E-state index contributed by atoms with van der Waals surface area (Å²) in [5, 5.41) is 5.62. The average Bonchev–Trinajstić information content (AvgIpc) is 2.10. The van der Waals surface area contributed by atoms with E-state index < -0.39 is 9.84 Å². The molecule has 0 spiro atoms. The van der Waals surface area contributed by atoms with E-state index in [-0.39, 0.29) is 24.2 Å². The molecule has 0 radical (unpaired) electrons. The summed E-state index contributed by atoms with van der Waals surface area (Å²) in [5.74, 6) is 0.342. The van der Waals surface area contributed by atoms with E-state index in [1.54, 1.807) is 0 Å². The molecule has 0 bridgehead atoms. The lowest BCUT2D eigenvalue weighted by atomic mass is 10.1. The first-order valence-corrected chi connectivity index (χ1v) is 7.46. The molecule has 1 amide bonds. The third-order valence-electron chi connectivity index (χ3n) is 2.32. The molecule has 0 aliphatic heterocycles. The Morgan fingerprint density at radius 1 is 1.25 bits per heavy atom. The predicted octanol–water partition coefficient (Wildman–Crippen LogP) is -0.219. The minimum Gasteiger partial charge on any atom is -0.352 e. The summed E-state index contributed by atoms with van der Waals surface area (Å²) in [7, 11) is -2.95. The molecule has 0 aliphatic carbocycles. The SMILES string of the molecule is CC(C)C(C)NC(=O)CNCCS(C)(=O)=O. The third-order valence-corrected chi connectivity index (χ3v) is 3.27. The first kappa shape index (κ1) is 15.4. The van der Waals surface area contributed by atoms with E-state index in [0.717, 1.165) is 0 Å². The van der Waals surface area contributed by atoms with E-state index in [2.05, 4.69) is 10.6 Å². The Labute approximate surface area is 97.9 Å². The number of carbonyl (C=O) groups excluding carboxylic acids is 1. The van der Waals surface area contributed by atoms with Crippen molar-refractivity contribution in [1.82, 2.24) is 10.6 Å². The van der Waals surface area contributed by atoms with Gasteiger partial charge < -0.3 is 10.6 Å². The van der Waals surface area contributed by atoms with Gasteiger partial charge in [0.05, 0.1) is 12.3 Å². The van der Waals surface area contributed by atoms with Crippen LogP contribution in [0.1, 0.15) is 20.8 Å². The second kappa shape index (κ2) is 6.85. The van der Waals surface area contributed by atoms with Crippen LogP contribution in [0.15, 0.2) is 0 Å². The topological polar surface area (TPSA) is 75.3 Å². The molecule has 0 saturated heterocycles. The zero-order valence-electron chi connectivity index (χ0n) is 10.4. The molecule has 0 aromatic rings. The van der Waals surface area contributed by atoms with Crippen LogP contribution in [0, 0.1) is 5.92 Å². The fraction of sp³-hybridized carbons (Fsp3) is 0.900. The van der Waals surface area contributed by atoms with E-state index in [1.807, 2.05) is 20.8 Å². The summed E-state index contributed by atoms with van der Waals surface area (Å²) in [6, 6.07) is 0.129. The molecule has 6 heteroatoms. The van der Waals surface area contributed by atoms with Crippen LogP contribution in [0.25, 0.3) is 0 Å². The number of hydrogen-bond acceptors (Lipinski definition) is 4. The zero-order valence-corrected chi connectivity index (χ0v) is 11.2. The van der Waals surface area contributed by atoms with Crippen LogP contribution in [-0.2, 0) is 14.6 Å². The van der Waals surface area contributed by atoms with Crippen LogP contribution in [0.3, 0.4) is 0 Å². The van der Waals surface area contributed by atoms with E-state index in [4.69, 9.17) is 0 Å². The van der Waals surface area contributed by atoms with Crippen LogP contribution in [0.5, 0.6) is 0 Å². The number of carbonyl (C=O) groups is 1. The Morgan fingerprint density at radius 2 is 1.81 bits per heavy atom. The van der Waals surface area contributed by atoms with Gasteiger partial charge in [-0.3, -0.25) is 4.79 Å². The lowest BCUT2D eigenvalue weighted by Gasteiger charge is -2.17. The van der Waals surface area contributed by atoms with Crippen molar-refractivity contribution in [2.45, 2.75) is 26.8 Å². The monoisotopic (exact) mass is 250 g/mol. The van der Waals surface area contributed by atoms with Crippen LogP contribution >= 0.6 is 0 Å². The van der Waals surface area contributed by atoms with Gasteiger partial charge in [-0.25, -0.2) is 8.42 Å². The van der Waals surface area contributed by atoms with Crippen molar-refractivity contribution in [3.63, 3.8) is 0 Å². The molecule has 1 unspecified atom stereocenters. The third kappa shape index (κ3) is 8.67. The van der Waals surface area contributed by atoms with Gasteiger partial charge in [0.1, 0.15) is 9.84 Å². The summed E-state index contributed by atoms with van der Waals surface area (Å²) in [5.41, 5.74) is 0. The first-order valence-electron chi connectivity index (χ1n) is 5.40. The maximum Gasteiger partial charge on any atom is 0.234 e. The number of nitrogens with one attached hydrogen (secondary N) is 2. The number of rotatable bonds is 7. The second-order valence-electron chi connectivity index (χ2n) is 4.41. The number of amides is 1. The molecule has 16 heavy (non-hydrogen) atoms. The molecule has 0 aromatic heterocycles. The van der Waals surface area contributed by atoms with Gasteiger partial charge in [-0.05, 0) is 12.8 Å². The lowest BCUT2D eigenvalue weighted by Crippen LogP contribution is -2.42. The van der Waals surface area contributed by atoms with Crippen molar-refractivity contribution >= 4 is 15.7 Å². The van der Waals surface area contributed by atoms with Gasteiger partial charge in [0, 0.05) is 18.8 Å². The standard InChI is InChI=1S/C10H22N2O3S/c1-8(2)9(3)12-10(13)7-11-5-6-16(4,14)15/h8-9,11H,5-7H2,1-4H3,(H,12,13). The number of hydrogen-bond donors (Lipinski definition) is 2. The summed E-state index contributed by atoms with van der Waals surface area (Å²) >= 11 is 0. The second-order valence-corrected chi connectivity index (χ2v) is 6.67. The zero-order chi connectivity index (χ0) is 12.8. The highest BCUT2D eigenvalue weighted by Crippen LogP contribution is 1.98. The molecule has 0 heterocycles. The molecule has 0 fully saturated rings. The van der Waals surface area contributed by atoms with Crippen molar-refractivity contribution in [1.29, 1.82) is 0 Å². The quantitative estimate of drug-likeness (QED) is 0.613. The Bertz CT molecular complexity index is 312. The van der Waals surface area contributed by atoms with E-state index in [1.165, 1.54) is 6.26 Å². The molecule has 0 aromatic carbocycles. The maximum absolute atomic E-state index is 11.4. The Hall–Kier alpha value is -0.620. The molecule has 0 aliphatic rings. The summed E-state index contributed by atoms with van der Waals surface area (Å²) < 4.78 is 21.6. The summed E-state index contributed by atoms with van der Waals surface area (Å²) in [6.07, 6.45) is 1.18. The minimum absolute atomic E-state index is 0.0556. The van der Waals surface area contributed by atoms with Gasteiger partial charge in [-0.1, -0.05) is 13.8 Å². The van der Waals surface area contributed by atoms with Gasteiger partial charge in [-0.2, -0.15) is 0 Å². The fourth-order valence-corrected chi connectivity index (χ4v) is 1.45.